The van der Waals surface area contributed by atoms with Crippen LogP contribution in [-0.2, 0) is 14.8 Å². The topological polar surface area (TPSA) is 90.5 Å². The number of rotatable bonds is 8. The molecule has 8 heteroatoms. The van der Waals surface area contributed by atoms with E-state index in [1.807, 2.05) is 20.8 Å². The fraction of sp³-hybridized carbons (Fsp3) is 0.533. The summed E-state index contributed by atoms with van der Waals surface area (Å²) >= 11 is 0. The predicted molar refractivity (Wildman–Crippen MR) is 93.2 cm³/mol. The van der Waals surface area contributed by atoms with Crippen LogP contribution in [0.4, 0.5) is 11.4 Å². The van der Waals surface area contributed by atoms with Gasteiger partial charge >= 0.3 is 0 Å². The van der Waals surface area contributed by atoms with Crippen LogP contribution in [0.5, 0.6) is 0 Å². The summed E-state index contributed by atoms with van der Waals surface area (Å²) in [4.78, 5) is 11.9. The summed E-state index contributed by atoms with van der Waals surface area (Å²) in [6.45, 7) is 6.47. The van der Waals surface area contributed by atoms with Crippen LogP contribution in [0.1, 0.15) is 20.8 Å². The maximum Gasteiger partial charge on any atom is 0.242 e. The summed E-state index contributed by atoms with van der Waals surface area (Å²) in [5, 5.41) is 8.92. The van der Waals surface area contributed by atoms with Gasteiger partial charge in [-0.05, 0) is 39.0 Å². The molecule has 0 fully saturated rings. The average molecular weight is 342 g/mol. The van der Waals surface area contributed by atoms with E-state index in [4.69, 9.17) is 0 Å². The van der Waals surface area contributed by atoms with Gasteiger partial charge in [0.25, 0.3) is 0 Å². The molecule has 0 saturated heterocycles. The molecule has 1 rings (SSSR count). The van der Waals surface area contributed by atoms with Crippen LogP contribution in [0.2, 0.25) is 0 Å². The van der Waals surface area contributed by atoms with Gasteiger partial charge < -0.3 is 16.0 Å². The van der Waals surface area contributed by atoms with Gasteiger partial charge in [0.05, 0.1) is 22.8 Å². The Labute approximate surface area is 138 Å². The molecule has 0 bridgehead atoms. The maximum absolute atomic E-state index is 12.2. The minimum Gasteiger partial charge on any atom is -0.384 e. The Kier molecular flexibility index (Phi) is 6.83. The standard InChI is InChI=1S/C15H26N4O3S/c1-6-16-13-8-7-12(23(21,22)19(4)5)9-14(13)17-10-15(20)18-11(2)3/h7-9,11,16-17H,6,10H2,1-5H3,(H,18,20). The van der Waals surface area contributed by atoms with E-state index in [9.17, 15) is 13.2 Å². The lowest BCUT2D eigenvalue weighted by atomic mass is 10.2. The zero-order valence-electron chi connectivity index (χ0n) is 14.3. The number of hydrogen-bond acceptors (Lipinski definition) is 5. The van der Waals surface area contributed by atoms with Crippen molar-refractivity contribution in [3.8, 4) is 0 Å². The van der Waals surface area contributed by atoms with Crippen molar-refractivity contribution >= 4 is 27.3 Å². The first-order valence-corrected chi connectivity index (χ1v) is 8.96. The largest absolute Gasteiger partial charge is 0.384 e. The molecule has 0 atom stereocenters. The Morgan fingerprint density at radius 3 is 2.35 bits per heavy atom. The van der Waals surface area contributed by atoms with Gasteiger partial charge in [-0.1, -0.05) is 0 Å². The lowest BCUT2D eigenvalue weighted by Gasteiger charge is -2.17. The van der Waals surface area contributed by atoms with Crippen molar-refractivity contribution in [3.05, 3.63) is 18.2 Å². The van der Waals surface area contributed by atoms with Crippen LogP contribution in [0.3, 0.4) is 0 Å². The zero-order chi connectivity index (χ0) is 17.6. The van der Waals surface area contributed by atoms with Crippen molar-refractivity contribution < 1.29 is 13.2 Å². The SMILES string of the molecule is CCNc1ccc(S(=O)(=O)N(C)C)cc1NCC(=O)NC(C)C. The second-order valence-electron chi connectivity index (χ2n) is 5.60. The fourth-order valence-corrected chi connectivity index (χ4v) is 2.86. The Bertz CT molecular complexity index is 642. The van der Waals surface area contributed by atoms with E-state index in [1.54, 1.807) is 12.1 Å². The first-order valence-electron chi connectivity index (χ1n) is 7.52. The van der Waals surface area contributed by atoms with Crippen molar-refractivity contribution in [2.75, 3.05) is 37.8 Å². The smallest absolute Gasteiger partial charge is 0.242 e. The molecular weight excluding hydrogens is 316 g/mol. The van der Waals surface area contributed by atoms with Crippen molar-refractivity contribution in [2.45, 2.75) is 31.7 Å². The number of hydrogen-bond donors (Lipinski definition) is 3. The lowest BCUT2D eigenvalue weighted by molar-refractivity contribution is -0.119. The van der Waals surface area contributed by atoms with Crippen molar-refractivity contribution in [1.29, 1.82) is 0 Å². The molecule has 1 amide bonds. The van der Waals surface area contributed by atoms with Crippen molar-refractivity contribution in [2.24, 2.45) is 0 Å². The van der Waals surface area contributed by atoms with Crippen molar-refractivity contribution in [1.82, 2.24) is 9.62 Å². The number of anilines is 2. The zero-order valence-corrected chi connectivity index (χ0v) is 15.1. The second kappa shape index (κ2) is 8.16. The van der Waals surface area contributed by atoms with E-state index in [1.165, 1.54) is 20.2 Å². The molecule has 1 aromatic rings. The number of nitrogens with zero attached hydrogens (tertiary/aromatic N) is 1. The average Bonchev–Trinajstić information content (AvgIpc) is 2.45. The summed E-state index contributed by atoms with van der Waals surface area (Å²) in [6.07, 6.45) is 0. The Morgan fingerprint density at radius 1 is 1.17 bits per heavy atom. The molecule has 0 heterocycles. The molecular formula is C15H26N4O3S. The number of carbonyl (C=O) groups excluding carboxylic acids is 1. The van der Waals surface area contributed by atoms with E-state index in [0.717, 1.165) is 9.99 Å². The molecule has 23 heavy (non-hydrogen) atoms. The minimum atomic E-state index is -3.52. The first-order chi connectivity index (χ1) is 10.7. The van der Waals surface area contributed by atoms with E-state index >= 15 is 0 Å². The summed E-state index contributed by atoms with van der Waals surface area (Å²) in [5.74, 6) is -0.150. The van der Waals surface area contributed by atoms with Crippen molar-refractivity contribution in [3.63, 3.8) is 0 Å². The fourth-order valence-electron chi connectivity index (χ4n) is 1.93. The molecule has 0 aliphatic heterocycles. The number of nitrogens with one attached hydrogen (secondary N) is 3. The summed E-state index contributed by atoms with van der Waals surface area (Å²) in [7, 11) is -0.558. The molecule has 1 aromatic carbocycles. The summed E-state index contributed by atoms with van der Waals surface area (Å²) in [5.41, 5.74) is 1.33. The predicted octanol–water partition coefficient (Wildman–Crippen LogP) is 1.31. The molecule has 0 spiro atoms. The third-order valence-corrected chi connectivity index (χ3v) is 4.84. The highest BCUT2D eigenvalue weighted by Gasteiger charge is 2.19. The van der Waals surface area contributed by atoms with Gasteiger partial charge in [0.2, 0.25) is 15.9 Å². The minimum absolute atomic E-state index is 0.0537. The van der Waals surface area contributed by atoms with E-state index in [0.29, 0.717) is 12.2 Å². The molecule has 0 saturated carbocycles. The second-order valence-corrected chi connectivity index (χ2v) is 7.75. The quantitative estimate of drug-likeness (QED) is 0.662. The highest BCUT2D eigenvalue weighted by atomic mass is 32.2. The molecule has 0 aliphatic rings. The monoisotopic (exact) mass is 342 g/mol. The Morgan fingerprint density at radius 2 is 1.83 bits per heavy atom. The van der Waals surface area contributed by atoms with Gasteiger partial charge in [-0.15, -0.1) is 0 Å². The maximum atomic E-state index is 12.2. The molecule has 0 aliphatic carbocycles. The van der Waals surface area contributed by atoms with Crippen LogP contribution in [-0.4, -0.2) is 51.9 Å². The summed E-state index contributed by atoms with van der Waals surface area (Å²) < 4.78 is 25.6. The number of benzene rings is 1. The van der Waals surface area contributed by atoms with Crippen LogP contribution in [0, 0.1) is 0 Å². The van der Waals surface area contributed by atoms with E-state index in [-0.39, 0.29) is 23.4 Å². The summed E-state index contributed by atoms with van der Waals surface area (Å²) in [6, 6.07) is 4.84. The van der Waals surface area contributed by atoms with Crippen LogP contribution < -0.4 is 16.0 Å². The van der Waals surface area contributed by atoms with E-state index in [2.05, 4.69) is 16.0 Å². The van der Waals surface area contributed by atoms with E-state index < -0.39 is 10.0 Å². The van der Waals surface area contributed by atoms with Crippen LogP contribution >= 0.6 is 0 Å². The highest BCUT2D eigenvalue weighted by Crippen LogP contribution is 2.26. The van der Waals surface area contributed by atoms with Gasteiger partial charge in [0.1, 0.15) is 0 Å². The van der Waals surface area contributed by atoms with Gasteiger partial charge in [0.15, 0.2) is 0 Å². The number of sulfonamides is 1. The molecule has 130 valence electrons. The normalized spacial score (nSPS) is 11.6. The molecule has 7 nitrogen and oxygen atoms in total. The van der Waals surface area contributed by atoms with Gasteiger partial charge in [-0.2, -0.15) is 0 Å². The van der Waals surface area contributed by atoms with Gasteiger partial charge in [-0.3, -0.25) is 4.79 Å². The Balaban J connectivity index is 3.04. The molecule has 0 radical (unpaired) electrons. The first kappa shape index (κ1) is 19.2. The number of amides is 1. The third-order valence-electron chi connectivity index (χ3n) is 3.03. The molecule has 0 aromatic heterocycles. The Hall–Kier alpha value is -1.80. The lowest BCUT2D eigenvalue weighted by Crippen LogP contribution is -2.35. The third kappa shape index (κ3) is 5.40. The van der Waals surface area contributed by atoms with Gasteiger partial charge in [0, 0.05) is 26.7 Å². The van der Waals surface area contributed by atoms with Gasteiger partial charge in [-0.25, -0.2) is 12.7 Å². The van der Waals surface area contributed by atoms with Crippen LogP contribution in [0.25, 0.3) is 0 Å². The van der Waals surface area contributed by atoms with Crippen LogP contribution in [0.15, 0.2) is 23.1 Å². The molecule has 3 N–H and O–H groups in total. The highest BCUT2D eigenvalue weighted by molar-refractivity contribution is 7.89. The molecule has 0 unspecified atom stereocenters. The number of carbonyl (C=O) groups is 1.